The van der Waals surface area contributed by atoms with Crippen molar-refractivity contribution in [1.82, 2.24) is 0 Å². The van der Waals surface area contributed by atoms with E-state index >= 15 is 0 Å². The standard InChI is InChI=1S/C11H15.V/c1-3-10(4-2)11-8-6-5-7-9-11;/h5-9H,3-4H2,1-2H3;/q-1;. The van der Waals surface area contributed by atoms with E-state index in [-0.39, 0.29) is 18.6 Å². The smallest absolute Gasteiger partial charge is 0 e. The molecule has 0 amide bonds. The van der Waals surface area contributed by atoms with E-state index < -0.39 is 0 Å². The van der Waals surface area contributed by atoms with E-state index in [2.05, 4.69) is 44.2 Å². The fourth-order valence-corrected chi connectivity index (χ4v) is 1.33. The van der Waals surface area contributed by atoms with Gasteiger partial charge < -0.3 is 0 Å². The van der Waals surface area contributed by atoms with Crippen LogP contribution in [0.4, 0.5) is 0 Å². The van der Waals surface area contributed by atoms with Gasteiger partial charge in [0.25, 0.3) is 0 Å². The quantitative estimate of drug-likeness (QED) is 0.653. The van der Waals surface area contributed by atoms with E-state index in [0.29, 0.717) is 0 Å². The van der Waals surface area contributed by atoms with Crippen molar-refractivity contribution in [3.8, 4) is 0 Å². The molecule has 0 aliphatic carbocycles. The zero-order valence-electron chi connectivity index (χ0n) is 7.75. The molecule has 1 aromatic carbocycles. The van der Waals surface area contributed by atoms with Crippen molar-refractivity contribution in [2.75, 3.05) is 0 Å². The summed E-state index contributed by atoms with van der Waals surface area (Å²) in [4.78, 5) is 0. The van der Waals surface area contributed by atoms with Crippen molar-refractivity contribution in [1.29, 1.82) is 0 Å². The minimum absolute atomic E-state index is 0. The van der Waals surface area contributed by atoms with Gasteiger partial charge in [-0.3, -0.25) is 0 Å². The first-order valence-corrected chi connectivity index (χ1v) is 4.28. The summed E-state index contributed by atoms with van der Waals surface area (Å²) in [5.41, 5.74) is 1.40. The van der Waals surface area contributed by atoms with E-state index in [4.69, 9.17) is 0 Å². The molecule has 0 nitrogen and oxygen atoms in total. The van der Waals surface area contributed by atoms with Gasteiger partial charge in [-0.1, -0.05) is 32.8 Å². The summed E-state index contributed by atoms with van der Waals surface area (Å²) >= 11 is 0. The van der Waals surface area contributed by atoms with Gasteiger partial charge >= 0.3 is 0 Å². The fraction of sp³-hybridized carbons (Fsp3) is 0.364. The third-order valence-electron chi connectivity index (χ3n) is 2.04. The van der Waals surface area contributed by atoms with Crippen LogP contribution in [0.2, 0.25) is 0 Å². The van der Waals surface area contributed by atoms with Crippen LogP contribution < -0.4 is 0 Å². The molecule has 1 heteroatoms. The normalized spacial score (nSPS) is 8.83. The van der Waals surface area contributed by atoms with Gasteiger partial charge in [-0.2, -0.15) is 23.6 Å². The van der Waals surface area contributed by atoms with Crippen LogP contribution in [0.3, 0.4) is 0 Å². The molecule has 0 heterocycles. The molecule has 0 N–H and O–H groups in total. The fourth-order valence-electron chi connectivity index (χ4n) is 1.33. The van der Waals surface area contributed by atoms with Crippen LogP contribution in [0.5, 0.6) is 0 Å². The first kappa shape index (κ1) is 11.7. The molecule has 0 aromatic heterocycles. The van der Waals surface area contributed by atoms with Crippen molar-refractivity contribution in [2.24, 2.45) is 0 Å². The molecule has 1 rings (SSSR count). The maximum atomic E-state index is 2.21. The topological polar surface area (TPSA) is 0 Å². The Morgan fingerprint density at radius 2 is 1.50 bits per heavy atom. The Balaban J connectivity index is 0.00000121. The molecule has 0 bridgehead atoms. The van der Waals surface area contributed by atoms with E-state index in [1.165, 1.54) is 18.4 Å². The van der Waals surface area contributed by atoms with Crippen molar-refractivity contribution in [3.05, 3.63) is 41.8 Å². The van der Waals surface area contributed by atoms with Gasteiger partial charge in [-0.15, -0.1) is 12.1 Å². The van der Waals surface area contributed by atoms with Crippen molar-refractivity contribution < 1.29 is 18.6 Å². The molecule has 0 atom stereocenters. The molecule has 1 aromatic rings. The summed E-state index contributed by atoms with van der Waals surface area (Å²) in [6, 6.07) is 10.6. The van der Waals surface area contributed by atoms with Gasteiger partial charge in [0, 0.05) is 18.6 Å². The Hall–Kier alpha value is -0.326. The van der Waals surface area contributed by atoms with Crippen LogP contribution >= 0.6 is 0 Å². The molecule has 1 radical (unpaired) electrons. The molecule has 0 saturated carbocycles. The summed E-state index contributed by atoms with van der Waals surface area (Å²) in [5.74, 6) is 1.55. The molecule has 0 unspecified atom stereocenters. The Kier molecular flexibility index (Phi) is 6.05. The molecule has 0 saturated heterocycles. The third-order valence-corrected chi connectivity index (χ3v) is 2.04. The van der Waals surface area contributed by atoms with E-state index in [9.17, 15) is 0 Å². The number of hydrogen-bond donors (Lipinski definition) is 0. The Morgan fingerprint density at radius 1 is 1.00 bits per heavy atom. The minimum Gasteiger partial charge on any atom is -0.189 e. The molecule has 0 spiro atoms. The zero-order valence-corrected chi connectivity index (χ0v) is 9.14. The van der Waals surface area contributed by atoms with E-state index in [1.807, 2.05) is 0 Å². The molecule has 65 valence electrons. The van der Waals surface area contributed by atoms with Gasteiger partial charge in [-0.05, 0) is 0 Å². The zero-order chi connectivity index (χ0) is 8.10. The summed E-state index contributed by atoms with van der Waals surface area (Å²) in [5, 5.41) is 0. The Morgan fingerprint density at radius 3 is 1.92 bits per heavy atom. The van der Waals surface area contributed by atoms with Crippen molar-refractivity contribution in [3.63, 3.8) is 0 Å². The molecule has 0 aliphatic rings. The predicted molar refractivity (Wildman–Crippen MR) is 49.4 cm³/mol. The Labute approximate surface area is 87.3 Å². The van der Waals surface area contributed by atoms with Gasteiger partial charge in [0.1, 0.15) is 0 Å². The predicted octanol–water partition coefficient (Wildman–Crippen LogP) is 3.43. The average molecular weight is 198 g/mol. The van der Waals surface area contributed by atoms with Crippen molar-refractivity contribution in [2.45, 2.75) is 26.7 Å². The van der Waals surface area contributed by atoms with Crippen LogP contribution in [0.25, 0.3) is 0 Å². The molecular weight excluding hydrogens is 183 g/mol. The van der Waals surface area contributed by atoms with Gasteiger partial charge in [0.15, 0.2) is 0 Å². The second-order valence-electron chi connectivity index (χ2n) is 2.68. The number of rotatable bonds is 3. The SMILES string of the molecule is CC[C-](CC)c1ccccc1.[V]. The van der Waals surface area contributed by atoms with Crippen molar-refractivity contribution >= 4 is 0 Å². The second kappa shape index (κ2) is 6.22. The van der Waals surface area contributed by atoms with Gasteiger partial charge in [0.2, 0.25) is 0 Å². The first-order valence-electron chi connectivity index (χ1n) is 4.28. The van der Waals surface area contributed by atoms with Crippen LogP contribution in [-0.4, -0.2) is 0 Å². The summed E-state index contributed by atoms with van der Waals surface area (Å²) in [7, 11) is 0. The van der Waals surface area contributed by atoms with Crippen LogP contribution in [0.15, 0.2) is 30.3 Å². The summed E-state index contributed by atoms with van der Waals surface area (Å²) < 4.78 is 0. The van der Waals surface area contributed by atoms with Crippen LogP contribution in [-0.2, 0) is 18.6 Å². The number of benzene rings is 1. The molecular formula is C11H15V-. The van der Waals surface area contributed by atoms with Crippen LogP contribution in [0, 0.1) is 5.92 Å². The maximum absolute atomic E-state index is 2.21. The summed E-state index contributed by atoms with van der Waals surface area (Å²) in [6.45, 7) is 4.43. The Bertz CT molecular complexity index is 189. The third kappa shape index (κ3) is 2.96. The monoisotopic (exact) mass is 198 g/mol. The van der Waals surface area contributed by atoms with Gasteiger partial charge in [-0.25, -0.2) is 0 Å². The summed E-state index contributed by atoms with van der Waals surface area (Å²) in [6.07, 6.45) is 2.33. The molecule has 12 heavy (non-hydrogen) atoms. The van der Waals surface area contributed by atoms with E-state index in [1.54, 1.807) is 5.92 Å². The average Bonchev–Trinajstić information content (AvgIpc) is 2.09. The number of hydrogen-bond acceptors (Lipinski definition) is 0. The van der Waals surface area contributed by atoms with E-state index in [0.717, 1.165) is 0 Å². The van der Waals surface area contributed by atoms with Crippen LogP contribution in [0.1, 0.15) is 32.3 Å². The minimum atomic E-state index is 0. The molecule has 0 aliphatic heterocycles. The first-order chi connectivity index (χ1) is 5.38. The largest absolute Gasteiger partial charge is 0.189 e. The molecule has 0 fully saturated rings. The second-order valence-corrected chi connectivity index (χ2v) is 2.68. The maximum Gasteiger partial charge on any atom is 0 e. The van der Waals surface area contributed by atoms with Gasteiger partial charge in [0.05, 0.1) is 0 Å².